The maximum Gasteiger partial charge on any atom is 0.238 e. The van der Waals surface area contributed by atoms with Gasteiger partial charge in [-0.25, -0.2) is 9.97 Å². The van der Waals surface area contributed by atoms with Crippen LogP contribution in [-0.4, -0.2) is 39.0 Å². The molecule has 0 saturated carbocycles. The number of benzene rings is 14. The topological polar surface area (TPSA) is 113 Å². The molecule has 14 aromatic carbocycles. The monoisotopic (exact) mass is 1370 g/mol. The van der Waals surface area contributed by atoms with Crippen molar-refractivity contribution in [3.63, 3.8) is 0 Å². The van der Waals surface area contributed by atoms with Gasteiger partial charge in [0.15, 0.2) is 23.3 Å². The van der Waals surface area contributed by atoms with E-state index in [1.807, 2.05) is 54.6 Å². The third-order valence-electron chi connectivity index (χ3n) is 17.6. The molecule has 0 N–H and O–H groups in total. The van der Waals surface area contributed by atoms with Gasteiger partial charge in [0.2, 0.25) is 11.9 Å². The first-order valence-electron chi connectivity index (χ1n) is 46.9. The molecular weight excluding hydrogens is 1290 g/mol. The van der Waals surface area contributed by atoms with Crippen molar-refractivity contribution in [1.29, 1.82) is 0 Å². The standard InChI is InChI=1S/2C45H26N4OS/c2*1-3-12-27(13-4-1)30-18-11-20-36-40(30)32-23-22-29(26-37(32)50-36)44-46-43(28-14-5-2-6-15-28)47-45(48-44)49-34-19-9-7-16-31(34)41-35(49)24-25-39-42(41)33-17-8-10-21-38(33)51-39/h2*1-26H/i7D,8D,9D,10D,11D,16D,17D,18D,19D,20D,21D,22D,23D,24D,25D,26D;2D,5D,6D,7D,8D,9D,10D,14D,15D,16D,17D,19D,21D,24D,25D. The number of furan rings is 2. The van der Waals surface area contributed by atoms with E-state index in [-0.39, 0.29) is 153 Å². The summed E-state index contributed by atoms with van der Waals surface area (Å²) in [5.74, 6) is -1.81. The van der Waals surface area contributed by atoms with Crippen molar-refractivity contribution < 1.29 is 51.3 Å². The molecule has 0 unspecified atom stereocenters. The van der Waals surface area contributed by atoms with Gasteiger partial charge in [-0.1, -0.05) is 230 Å². The average molecular weight is 1370 g/mol. The minimum Gasteiger partial charge on any atom is -0.456 e. The molecule has 0 amide bonds. The van der Waals surface area contributed by atoms with Crippen LogP contribution in [0, 0.1) is 0 Å². The number of rotatable bonds is 8. The summed E-state index contributed by atoms with van der Waals surface area (Å²) in [5.41, 5.74) is 2.08. The van der Waals surface area contributed by atoms with Crippen LogP contribution in [-0.2, 0) is 0 Å². The fraction of sp³-hybridized carbons (Fsp3) is 0. The summed E-state index contributed by atoms with van der Waals surface area (Å²) in [6.07, 6.45) is 0. The van der Waals surface area contributed by atoms with Gasteiger partial charge in [0, 0.05) is 106 Å². The lowest BCUT2D eigenvalue weighted by atomic mass is 9.99. The summed E-state index contributed by atoms with van der Waals surface area (Å²) in [4.78, 5) is 28.4. The highest BCUT2D eigenvalue weighted by atomic mass is 32.1. The van der Waals surface area contributed by atoms with Gasteiger partial charge in [-0.15, -0.1) is 22.7 Å². The van der Waals surface area contributed by atoms with Gasteiger partial charge >= 0.3 is 0 Å². The number of fused-ring (bicyclic) bond motifs is 20. The summed E-state index contributed by atoms with van der Waals surface area (Å²) in [6.45, 7) is 0. The third kappa shape index (κ3) is 9.24. The molecule has 0 radical (unpaired) electrons. The predicted octanol–water partition coefficient (Wildman–Crippen LogP) is 24.5. The highest BCUT2D eigenvalue weighted by Crippen LogP contribution is 2.47. The number of nitrogens with zero attached hydrogens (tertiary/aromatic N) is 8. The van der Waals surface area contributed by atoms with Gasteiger partial charge in [0.05, 0.1) is 64.6 Å². The lowest BCUT2D eigenvalue weighted by Crippen LogP contribution is -2.06. The predicted molar refractivity (Wildman–Crippen MR) is 421 cm³/mol. The quantitative estimate of drug-likeness (QED) is 0.148. The molecule has 22 aromatic rings. The second-order valence-electron chi connectivity index (χ2n) is 23.3. The Hall–Kier alpha value is -13.3. The van der Waals surface area contributed by atoms with E-state index in [4.69, 9.17) is 56.2 Å². The Labute approximate surface area is 633 Å². The van der Waals surface area contributed by atoms with Gasteiger partial charge in [-0.3, -0.25) is 9.13 Å². The molecule has 22 rings (SSSR count). The smallest absolute Gasteiger partial charge is 0.238 e. The number of thiophene rings is 2. The fourth-order valence-corrected chi connectivity index (χ4v) is 15.1. The normalized spacial score (nSPS) is 16.2. The van der Waals surface area contributed by atoms with Crippen LogP contribution < -0.4 is 0 Å². The minimum absolute atomic E-state index is 0.0154. The summed E-state index contributed by atoms with van der Waals surface area (Å²) >= 11 is 1.72. The largest absolute Gasteiger partial charge is 0.456 e. The zero-order valence-electron chi connectivity index (χ0n) is 82.8. The Kier molecular flexibility index (Phi) is 7.95. The summed E-state index contributed by atoms with van der Waals surface area (Å²) in [6, 6.07) is 20.9. The minimum atomic E-state index is -0.679. The molecule has 0 spiro atoms. The van der Waals surface area contributed by atoms with Crippen molar-refractivity contribution in [3.8, 4) is 79.7 Å². The van der Waals surface area contributed by atoms with E-state index in [0.717, 1.165) is 53.7 Å². The van der Waals surface area contributed by atoms with Crippen molar-refractivity contribution in [2.24, 2.45) is 0 Å². The highest BCUT2D eigenvalue weighted by molar-refractivity contribution is 7.26. The molecule has 12 heteroatoms. The Morgan fingerprint density at radius 1 is 0.265 bits per heavy atom. The van der Waals surface area contributed by atoms with Crippen molar-refractivity contribution >= 4 is 151 Å². The van der Waals surface area contributed by atoms with E-state index in [1.165, 1.54) is 0 Å². The maximum atomic E-state index is 9.60. The molecule has 8 heterocycles. The molecule has 102 heavy (non-hydrogen) atoms. The lowest BCUT2D eigenvalue weighted by molar-refractivity contribution is 0.668. The van der Waals surface area contributed by atoms with Crippen LogP contribution in [0.5, 0.6) is 0 Å². The lowest BCUT2D eigenvalue weighted by Gasteiger charge is -2.11. The Morgan fingerprint density at radius 2 is 0.775 bits per heavy atom. The third-order valence-corrected chi connectivity index (χ3v) is 19.6. The first-order chi connectivity index (χ1) is 63.5. The van der Waals surface area contributed by atoms with Gasteiger partial charge < -0.3 is 8.83 Å². The van der Waals surface area contributed by atoms with E-state index in [2.05, 4.69) is 9.97 Å². The molecule has 0 aliphatic heterocycles. The van der Waals surface area contributed by atoms with E-state index >= 15 is 0 Å². The van der Waals surface area contributed by atoms with Crippen LogP contribution in [0.1, 0.15) is 42.5 Å². The SMILES string of the molecule is [2H]c1c([2H])c(-c2ccccc2)c2c(oc3c([2H])c(-c4nc(-c5ccccc5)nc(-n5c6c([2H])c([2H])c([2H])c([2H])c6c6c7c(sc8c([2H])c([2H])c([2H])c([2H])c87)c([2H])c([2H])c65)n4)c([2H])c([2H])c32)c1[2H].[2H]c1c([2H])c([2H])c(-c2nc(-c3ccc4c(c3)oc3cccc(-c5ccccc5)c34)nc(-n3c4c([2H])c([2H])c([2H])c([2H])c4c4c5c(sc6c([2H])c([2H])c([2H])c([2H])c65)c([2H])c([2H])c43)n2)c([2H])c1[2H]. The maximum absolute atomic E-state index is 9.60. The van der Waals surface area contributed by atoms with Crippen LogP contribution in [0.2, 0.25) is 0 Å². The van der Waals surface area contributed by atoms with E-state index in [0.29, 0.717) is 27.9 Å². The van der Waals surface area contributed by atoms with Crippen molar-refractivity contribution in [2.45, 2.75) is 0 Å². The molecule has 8 aromatic heterocycles. The molecule has 476 valence electrons. The Bertz CT molecular complexity index is 9090. The first kappa shape index (κ1) is 35.0. The van der Waals surface area contributed by atoms with Gasteiger partial charge in [-0.2, -0.15) is 19.9 Å². The number of aromatic nitrogens is 8. The van der Waals surface area contributed by atoms with Crippen LogP contribution in [0.25, 0.3) is 208 Å². The zero-order chi connectivity index (χ0) is 93.9. The molecular formula is C90H52N8O2S2. The van der Waals surface area contributed by atoms with Crippen LogP contribution in [0.3, 0.4) is 0 Å². The number of hydrogen-bond donors (Lipinski definition) is 0. The molecule has 0 bridgehead atoms. The highest BCUT2D eigenvalue weighted by Gasteiger charge is 2.25. The van der Waals surface area contributed by atoms with Gasteiger partial charge in [0.1, 0.15) is 22.3 Å². The molecule has 0 saturated heterocycles. The summed E-state index contributed by atoms with van der Waals surface area (Å²) < 4.78 is 292. The molecule has 0 fully saturated rings. The molecule has 0 aliphatic carbocycles. The summed E-state index contributed by atoms with van der Waals surface area (Å²) in [7, 11) is 0. The van der Waals surface area contributed by atoms with Gasteiger partial charge in [-0.05, 0) is 107 Å². The summed E-state index contributed by atoms with van der Waals surface area (Å²) in [5, 5.41) is 1.32. The number of hydrogen-bond acceptors (Lipinski definition) is 10. The fourth-order valence-electron chi connectivity index (χ4n) is 13.2. The van der Waals surface area contributed by atoms with Crippen LogP contribution in [0.15, 0.2) is 324 Å². The second-order valence-corrected chi connectivity index (χ2v) is 25.3. The molecule has 10 nitrogen and oxygen atoms in total. The Balaban J connectivity index is 0.000000160. The van der Waals surface area contributed by atoms with E-state index in [9.17, 15) is 15.1 Å². The number of para-hydroxylation sites is 2. The second kappa shape index (κ2) is 23.2. The average Bonchev–Trinajstić information content (AvgIpc) is 1.52. The Morgan fingerprint density at radius 3 is 1.39 bits per heavy atom. The first-order valence-corrected chi connectivity index (χ1v) is 33.0. The van der Waals surface area contributed by atoms with Crippen LogP contribution >= 0.6 is 22.7 Å². The van der Waals surface area contributed by atoms with Gasteiger partial charge in [0.25, 0.3) is 0 Å². The van der Waals surface area contributed by atoms with E-state index < -0.39 is 192 Å². The molecule has 0 aliphatic rings. The van der Waals surface area contributed by atoms with Crippen molar-refractivity contribution in [3.05, 3.63) is 315 Å². The van der Waals surface area contributed by atoms with Crippen LogP contribution in [0.4, 0.5) is 0 Å². The van der Waals surface area contributed by atoms with Crippen molar-refractivity contribution in [1.82, 2.24) is 39.0 Å². The molecule has 0 atom stereocenters. The van der Waals surface area contributed by atoms with Crippen molar-refractivity contribution in [2.75, 3.05) is 0 Å². The zero-order valence-corrected chi connectivity index (χ0v) is 53.5. The van der Waals surface area contributed by atoms with E-state index in [1.54, 1.807) is 72.8 Å².